The zero-order valence-corrected chi connectivity index (χ0v) is 10.0. The molecule has 2 aromatic rings. The Kier molecular flexibility index (Phi) is 2.99. The number of rotatable bonds is 3. The summed E-state index contributed by atoms with van der Waals surface area (Å²) >= 11 is 0. The van der Waals surface area contributed by atoms with Crippen molar-refractivity contribution in [2.45, 2.75) is 19.3 Å². The normalized spacial score (nSPS) is 16.8. The summed E-state index contributed by atoms with van der Waals surface area (Å²) in [5.74, 6) is -0.890. The van der Waals surface area contributed by atoms with Gasteiger partial charge in [-0.25, -0.2) is 13.8 Å². The zero-order chi connectivity index (χ0) is 12.5. The molecular formula is C13H15F2N3. The van der Waals surface area contributed by atoms with Crippen LogP contribution in [0.5, 0.6) is 0 Å². The van der Waals surface area contributed by atoms with Gasteiger partial charge in [-0.15, -0.1) is 0 Å². The van der Waals surface area contributed by atoms with E-state index in [0.717, 1.165) is 44.0 Å². The Hall–Kier alpha value is -1.49. The van der Waals surface area contributed by atoms with Gasteiger partial charge >= 0.3 is 0 Å². The highest BCUT2D eigenvalue weighted by molar-refractivity contribution is 5.75. The van der Waals surface area contributed by atoms with Gasteiger partial charge in [0.1, 0.15) is 5.82 Å². The summed E-state index contributed by atoms with van der Waals surface area (Å²) in [4.78, 5) is 9.71. The third kappa shape index (κ3) is 2.22. The number of benzene rings is 1. The van der Waals surface area contributed by atoms with E-state index in [-0.39, 0.29) is 0 Å². The van der Waals surface area contributed by atoms with Gasteiger partial charge in [-0.05, 0) is 25.9 Å². The first-order chi connectivity index (χ1) is 8.72. The number of halogens is 2. The van der Waals surface area contributed by atoms with Crippen molar-refractivity contribution in [3.05, 3.63) is 29.6 Å². The van der Waals surface area contributed by atoms with Gasteiger partial charge in [-0.2, -0.15) is 0 Å². The summed E-state index contributed by atoms with van der Waals surface area (Å²) < 4.78 is 26.1. The first kappa shape index (κ1) is 11.6. The molecular weight excluding hydrogens is 236 g/mol. The van der Waals surface area contributed by atoms with Crippen LogP contribution in [0.4, 0.5) is 8.78 Å². The van der Waals surface area contributed by atoms with Crippen LogP contribution in [0.3, 0.4) is 0 Å². The maximum absolute atomic E-state index is 13.1. The van der Waals surface area contributed by atoms with Crippen LogP contribution in [0.25, 0.3) is 11.0 Å². The van der Waals surface area contributed by atoms with E-state index in [9.17, 15) is 8.78 Å². The largest absolute Gasteiger partial charge is 0.342 e. The Morgan fingerprint density at radius 3 is 2.67 bits per heavy atom. The van der Waals surface area contributed by atoms with Crippen molar-refractivity contribution >= 4 is 11.0 Å². The third-order valence-electron chi connectivity index (χ3n) is 3.44. The number of likely N-dealkylation sites (tertiary alicyclic amines) is 1. The minimum atomic E-state index is -0.847. The molecule has 0 saturated carbocycles. The molecule has 3 nitrogen and oxygen atoms in total. The second-order valence-corrected chi connectivity index (χ2v) is 4.77. The van der Waals surface area contributed by atoms with Crippen LogP contribution in [-0.4, -0.2) is 34.5 Å². The molecule has 0 radical (unpaired) electrons. The number of aromatic amines is 1. The minimum absolute atomic E-state index is 0.491. The zero-order valence-electron chi connectivity index (χ0n) is 10.0. The second kappa shape index (κ2) is 4.65. The number of imidazole rings is 1. The van der Waals surface area contributed by atoms with E-state index < -0.39 is 11.6 Å². The van der Waals surface area contributed by atoms with E-state index in [1.54, 1.807) is 0 Å². The van der Waals surface area contributed by atoms with Crippen LogP contribution < -0.4 is 0 Å². The molecule has 1 aliphatic rings. The summed E-state index contributed by atoms with van der Waals surface area (Å²) in [7, 11) is 0. The standard InChI is InChI=1S/C13H15F2N3/c14-9-7-11-12(8-10(9)15)17-13(16-11)3-6-18-4-1-2-5-18/h7-8H,1-6H2,(H,16,17). The minimum Gasteiger partial charge on any atom is -0.342 e. The smallest absolute Gasteiger partial charge is 0.161 e. The van der Waals surface area contributed by atoms with Crippen molar-refractivity contribution in [2.24, 2.45) is 0 Å². The molecule has 0 atom stereocenters. The third-order valence-corrected chi connectivity index (χ3v) is 3.44. The maximum atomic E-state index is 13.1. The van der Waals surface area contributed by atoms with Crippen molar-refractivity contribution in [1.82, 2.24) is 14.9 Å². The quantitative estimate of drug-likeness (QED) is 0.908. The van der Waals surface area contributed by atoms with Crippen LogP contribution in [0.15, 0.2) is 12.1 Å². The molecule has 0 bridgehead atoms. The molecule has 0 amide bonds. The van der Waals surface area contributed by atoms with E-state index >= 15 is 0 Å². The van der Waals surface area contributed by atoms with E-state index in [0.29, 0.717) is 11.0 Å². The van der Waals surface area contributed by atoms with Crippen LogP contribution in [0.2, 0.25) is 0 Å². The summed E-state index contributed by atoms with van der Waals surface area (Å²) in [5.41, 5.74) is 1.05. The molecule has 0 unspecified atom stereocenters. The summed E-state index contributed by atoms with van der Waals surface area (Å²) in [5, 5.41) is 0. The fourth-order valence-electron chi connectivity index (χ4n) is 2.45. The Labute approximate surface area is 104 Å². The van der Waals surface area contributed by atoms with Crippen molar-refractivity contribution in [2.75, 3.05) is 19.6 Å². The van der Waals surface area contributed by atoms with Gasteiger partial charge in [0.25, 0.3) is 0 Å². The molecule has 5 heteroatoms. The molecule has 1 N–H and O–H groups in total. The van der Waals surface area contributed by atoms with E-state index in [1.807, 2.05) is 0 Å². The average Bonchev–Trinajstić information content (AvgIpc) is 2.96. The predicted molar refractivity (Wildman–Crippen MR) is 65.4 cm³/mol. The van der Waals surface area contributed by atoms with Gasteiger partial charge in [0, 0.05) is 25.1 Å². The van der Waals surface area contributed by atoms with Gasteiger partial charge in [0.05, 0.1) is 11.0 Å². The summed E-state index contributed by atoms with van der Waals surface area (Å²) in [6.45, 7) is 3.23. The van der Waals surface area contributed by atoms with E-state index in [4.69, 9.17) is 0 Å². The number of nitrogens with one attached hydrogen (secondary N) is 1. The lowest BCUT2D eigenvalue weighted by Crippen LogP contribution is -2.22. The van der Waals surface area contributed by atoms with Gasteiger partial charge < -0.3 is 9.88 Å². The van der Waals surface area contributed by atoms with E-state index in [1.165, 1.54) is 12.8 Å². The lowest BCUT2D eigenvalue weighted by molar-refractivity contribution is 0.341. The average molecular weight is 251 g/mol. The van der Waals surface area contributed by atoms with Crippen molar-refractivity contribution < 1.29 is 8.78 Å². The predicted octanol–water partition coefficient (Wildman–Crippen LogP) is 2.48. The number of hydrogen-bond donors (Lipinski definition) is 1. The number of H-pyrrole nitrogens is 1. The molecule has 3 rings (SSSR count). The van der Waals surface area contributed by atoms with Crippen molar-refractivity contribution in [3.8, 4) is 0 Å². The molecule has 18 heavy (non-hydrogen) atoms. The van der Waals surface area contributed by atoms with Crippen LogP contribution >= 0.6 is 0 Å². The van der Waals surface area contributed by atoms with Gasteiger partial charge in [-0.1, -0.05) is 0 Å². The monoisotopic (exact) mass is 251 g/mol. The van der Waals surface area contributed by atoms with Crippen molar-refractivity contribution in [3.63, 3.8) is 0 Å². The van der Waals surface area contributed by atoms with E-state index in [2.05, 4.69) is 14.9 Å². The molecule has 0 spiro atoms. The fraction of sp³-hybridized carbons (Fsp3) is 0.462. The first-order valence-electron chi connectivity index (χ1n) is 6.28. The highest BCUT2D eigenvalue weighted by Gasteiger charge is 2.13. The highest BCUT2D eigenvalue weighted by Crippen LogP contribution is 2.17. The van der Waals surface area contributed by atoms with Crippen LogP contribution in [0.1, 0.15) is 18.7 Å². The number of aromatic nitrogens is 2. The Morgan fingerprint density at radius 1 is 1.17 bits per heavy atom. The van der Waals surface area contributed by atoms with Gasteiger partial charge in [0.15, 0.2) is 11.6 Å². The van der Waals surface area contributed by atoms with Gasteiger partial charge in [-0.3, -0.25) is 0 Å². The summed E-state index contributed by atoms with van der Waals surface area (Å²) in [6, 6.07) is 2.30. The molecule has 1 aliphatic heterocycles. The molecule has 0 aliphatic carbocycles. The Balaban J connectivity index is 1.76. The van der Waals surface area contributed by atoms with Crippen LogP contribution in [-0.2, 0) is 6.42 Å². The molecule has 1 saturated heterocycles. The topological polar surface area (TPSA) is 31.9 Å². The lowest BCUT2D eigenvalue weighted by atomic mass is 10.3. The molecule has 1 aromatic carbocycles. The number of nitrogens with zero attached hydrogens (tertiary/aromatic N) is 2. The molecule has 1 aromatic heterocycles. The highest BCUT2D eigenvalue weighted by atomic mass is 19.2. The van der Waals surface area contributed by atoms with Gasteiger partial charge in [0.2, 0.25) is 0 Å². The van der Waals surface area contributed by atoms with Crippen molar-refractivity contribution in [1.29, 1.82) is 0 Å². The Bertz CT molecular complexity index is 520. The molecule has 96 valence electrons. The maximum Gasteiger partial charge on any atom is 0.161 e. The van der Waals surface area contributed by atoms with Crippen LogP contribution in [0, 0.1) is 11.6 Å². The second-order valence-electron chi connectivity index (χ2n) is 4.77. The Morgan fingerprint density at radius 2 is 1.89 bits per heavy atom. The first-order valence-corrected chi connectivity index (χ1v) is 6.28. The number of hydrogen-bond acceptors (Lipinski definition) is 2. The number of fused-ring (bicyclic) bond motifs is 1. The fourth-order valence-corrected chi connectivity index (χ4v) is 2.45. The lowest BCUT2D eigenvalue weighted by Gasteiger charge is -2.12. The molecule has 1 fully saturated rings. The molecule has 2 heterocycles. The summed E-state index contributed by atoms with van der Waals surface area (Å²) in [6.07, 6.45) is 3.31. The SMILES string of the molecule is Fc1cc2nc(CCN3CCCC3)[nH]c2cc1F.